The van der Waals surface area contributed by atoms with Crippen LogP contribution < -0.4 is 10.1 Å². The summed E-state index contributed by atoms with van der Waals surface area (Å²) in [6, 6.07) is 12.3. The number of hydrogen-bond acceptors (Lipinski definition) is 4. The van der Waals surface area contributed by atoms with Crippen LogP contribution in [0.15, 0.2) is 40.8 Å². The molecule has 1 amide bonds. The van der Waals surface area contributed by atoms with Gasteiger partial charge in [0.05, 0.1) is 5.56 Å². The van der Waals surface area contributed by atoms with Crippen LogP contribution in [0.1, 0.15) is 35.7 Å². The number of benzene rings is 1. The van der Waals surface area contributed by atoms with Crippen molar-refractivity contribution >= 4 is 5.91 Å². The molecular weight excluding hydrogens is 268 g/mol. The molecule has 0 radical (unpaired) electrons. The van der Waals surface area contributed by atoms with E-state index in [1.807, 2.05) is 13.8 Å². The summed E-state index contributed by atoms with van der Waals surface area (Å²) < 4.78 is 11.0. The van der Waals surface area contributed by atoms with Gasteiger partial charge in [0.1, 0.15) is 24.2 Å². The van der Waals surface area contributed by atoms with Gasteiger partial charge in [-0.25, -0.2) is 0 Å². The van der Waals surface area contributed by atoms with Gasteiger partial charge in [0.15, 0.2) is 5.76 Å². The number of carbonyl (C=O) groups excluding carboxylic acids is 1. The number of nitriles is 1. The second kappa shape index (κ2) is 6.62. The molecule has 2 aromatic rings. The van der Waals surface area contributed by atoms with Crippen molar-refractivity contribution in [3.63, 3.8) is 0 Å². The molecule has 0 aliphatic rings. The third kappa shape index (κ3) is 3.86. The molecule has 1 aromatic carbocycles. The summed E-state index contributed by atoms with van der Waals surface area (Å²) in [5, 5.41) is 11.7. The van der Waals surface area contributed by atoms with Crippen LogP contribution in [0.25, 0.3) is 0 Å². The molecular formula is C16H16N2O3. The van der Waals surface area contributed by atoms with Crippen molar-refractivity contribution in [2.45, 2.75) is 26.5 Å². The topological polar surface area (TPSA) is 75.3 Å². The summed E-state index contributed by atoms with van der Waals surface area (Å²) in [6.45, 7) is 3.92. The number of hydrogen-bond donors (Lipinski definition) is 1. The Hall–Kier alpha value is -2.74. The number of furan rings is 1. The molecule has 0 saturated heterocycles. The fourth-order valence-electron chi connectivity index (χ4n) is 1.74. The Bertz CT molecular complexity index is 668. The average molecular weight is 284 g/mol. The van der Waals surface area contributed by atoms with Crippen molar-refractivity contribution in [3.8, 4) is 11.8 Å². The highest BCUT2D eigenvalue weighted by Crippen LogP contribution is 2.19. The first-order valence-electron chi connectivity index (χ1n) is 6.61. The third-order valence-corrected chi connectivity index (χ3v) is 2.68. The first kappa shape index (κ1) is 14.7. The number of nitrogens with one attached hydrogen (secondary N) is 1. The van der Waals surface area contributed by atoms with E-state index in [4.69, 9.17) is 14.4 Å². The van der Waals surface area contributed by atoms with E-state index in [-0.39, 0.29) is 24.3 Å². The minimum absolute atomic E-state index is 0.0461. The molecule has 0 aliphatic carbocycles. The van der Waals surface area contributed by atoms with Crippen molar-refractivity contribution in [1.82, 2.24) is 5.32 Å². The Morgan fingerprint density at radius 3 is 2.81 bits per heavy atom. The Kier molecular flexibility index (Phi) is 4.62. The highest BCUT2D eigenvalue weighted by molar-refractivity contribution is 5.91. The predicted molar refractivity (Wildman–Crippen MR) is 76.8 cm³/mol. The van der Waals surface area contributed by atoms with E-state index in [1.165, 1.54) is 0 Å². The van der Waals surface area contributed by atoms with Gasteiger partial charge in [0.2, 0.25) is 0 Å². The van der Waals surface area contributed by atoms with Crippen LogP contribution in [-0.4, -0.2) is 11.9 Å². The molecule has 0 atom stereocenters. The van der Waals surface area contributed by atoms with Crippen LogP contribution in [0, 0.1) is 11.3 Å². The van der Waals surface area contributed by atoms with Crippen molar-refractivity contribution in [3.05, 3.63) is 53.5 Å². The van der Waals surface area contributed by atoms with Gasteiger partial charge in [-0.1, -0.05) is 12.1 Å². The Labute approximate surface area is 123 Å². The van der Waals surface area contributed by atoms with Crippen LogP contribution >= 0.6 is 0 Å². The van der Waals surface area contributed by atoms with Gasteiger partial charge < -0.3 is 14.5 Å². The van der Waals surface area contributed by atoms with E-state index >= 15 is 0 Å². The Morgan fingerprint density at radius 1 is 1.33 bits per heavy atom. The normalized spacial score (nSPS) is 10.2. The molecule has 0 bridgehead atoms. The average Bonchev–Trinajstić information content (AvgIpc) is 2.93. The molecule has 5 heteroatoms. The molecule has 0 spiro atoms. The molecule has 0 saturated carbocycles. The minimum Gasteiger partial charge on any atom is -0.484 e. The Morgan fingerprint density at radius 2 is 2.10 bits per heavy atom. The summed E-state index contributed by atoms with van der Waals surface area (Å²) in [5.74, 6) is 1.01. The lowest BCUT2D eigenvalue weighted by atomic mass is 10.2. The zero-order valence-electron chi connectivity index (χ0n) is 11.9. The van der Waals surface area contributed by atoms with Gasteiger partial charge in [-0.3, -0.25) is 4.79 Å². The number of para-hydroxylation sites is 1. The summed E-state index contributed by atoms with van der Waals surface area (Å²) in [4.78, 5) is 11.8. The first-order valence-corrected chi connectivity index (χ1v) is 6.61. The molecule has 21 heavy (non-hydrogen) atoms. The number of amides is 1. The standard InChI is InChI=1S/C16H16N2O3/c1-11(2)18-16(19)15-8-7-13(21-15)10-20-14-6-4-3-5-12(14)9-17/h3-8,11H,10H2,1-2H3,(H,18,19). The van der Waals surface area contributed by atoms with E-state index in [2.05, 4.69) is 11.4 Å². The maximum atomic E-state index is 11.8. The maximum absolute atomic E-state index is 11.8. The fourth-order valence-corrected chi connectivity index (χ4v) is 1.74. The highest BCUT2D eigenvalue weighted by atomic mass is 16.5. The van der Waals surface area contributed by atoms with Gasteiger partial charge >= 0.3 is 0 Å². The molecule has 5 nitrogen and oxygen atoms in total. The zero-order chi connectivity index (χ0) is 15.2. The second-order valence-electron chi connectivity index (χ2n) is 4.79. The van der Waals surface area contributed by atoms with Gasteiger partial charge in [-0.05, 0) is 38.1 Å². The smallest absolute Gasteiger partial charge is 0.287 e. The lowest BCUT2D eigenvalue weighted by molar-refractivity contribution is 0.0911. The van der Waals surface area contributed by atoms with Crippen LogP contribution in [-0.2, 0) is 6.61 Å². The quantitative estimate of drug-likeness (QED) is 0.916. The van der Waals surface area contributed by atoms with Gasteiger partial charge in [-0.2, -0.15) is 5.26 Å². The molecule has 108 valence electrons. The third-order valence-electron chi connectivity index (χ3n) is 2.68. The number of carbonyl (C=O) groups is 1. The van der Waals surface area contributed by atoms with Crippen LogP contribution in [0.3, 0.4) is 0 Å². The van der Waals surface area contributed by atoms with Crippen LogP contribution in [0.2, 0.25) is 0 Å². The summed E-state index contributed by atoms with van der Waals surface area (Å²) in [5.41, 5.74) is 0.460. The number of ether oxygens (including phenoxy) is 1. The largest absolute Gasteiger partial charge is 0.484 e. The minimum atomic E-state index is -0.256. The van der Waals surface area contributed by atoms with E-state index < -0.39 is 0 Å². The van der Waals surface area contributed by atoms with Gasteiger partial charge in [0.25, 0.3) is 5.91 Å². The molecule has 1 N–H and O–H groups in total. The highest BCUT2D eigenvalue weighted by Gasteiger charge is 2.12. The van der Waals surface area contributed by atoms with Gasteiger partial charge in [0, 0.05) is 6.04 Å². The second-order valence-corrected chi connectivity index (χ2v) is 4.79. The van der Waals surface area contributed by atoms with E-state index in [9.17, 15) is 4.79 Å². The number of nitrogens with zero attached hydrogens (tertiary/aromatic N) is 1. The molecule has 1 aromatic heterocycles. The molecule has 1 heterocycles. The zero-order valence-corrected chi connectivity index (χ0v) is 11.9. The van der Waals surface area contributed by atoms with Crippen LogP contribution in [0.5, 0.6) is 5.75 Å². The van der Waals surface area contributed by atoms with Crippen molar-refractivity contribution in [1.29, 1.82) is 5.26 Å². The summed E-state index contributed by atoms with van der Waals surface area (Å²) >= 11 is 0. The van der Waals surface area contributed by atoms with E-state index in [0.29, 0.717) is 17.1 Å². The van der Waals surface area contributed by atoms with Crippen molar-refractivity contribution in [2.75, 3.05) is 0 Å². The van der Waals surface area contributed by atoms with E-state index in [1.54, 1.807) is 36.4 Å². The molecule has 2 rings (SSSR count). The summed E-state index contributed by atoms with van der Waals surface area (Å²) in [6.07, 6.45) is 0. The van der Waals surface area contributed by atoms with Crippen molar-refractivity contribution in [2.24, 2.45) is 0 Å². The molecule has 0 aliphatic heterocycles. The SMILES string of the molecule is CC(C)NC(=O)c1ccc(COc2ccccc2C#N)o1. The number of rotatable bonds is 5. The monoisotopic (exact) mass is 284 g/mol. The molecule has 0 fully saturated rings. The van der Waals surface area contributed by atoms with Gasteiger partial charge in [-0.15, -0.1) is 0 Å². The lowest BCUT2D eigenvalue weighted by Gasteiger charge is -2.06. The van der Waals surface area contributed by atoms with Crippen molar-refractivity contribution < 1.29 is 13.9 Å². The lowest BCUT2D eigenvalue weighted by Crippen LogP contribution is -2.29. The summed E-state index contributed by atoms with van der Waals surface area (Å²) in [7, 11) is 0. The maximum Gasteiger partial charge on any atom is 0.287 e. The Balaban J connectivity index is 2.00. The molecule has 0 unspecified atom stereocenters. The predicted octanol–water partition coefficient (Wildman–Crippen LogP) is 2.87. The first-order chi connectivity index (χ1) is 10.1. The van der Waals surface area contributed by atoms with E-state index in [0.717, 1.165) is 0 Å². The van der Waals surface area contributed by atoms with Crippen LogP contribution in [0.4, 0.5) is 0 Å². The fraction of sp³-hybridized carbons (Fsp3) is 0.250.